The largest absolute Gasteiger partial charge is 0.393 e. The summed E-state index contributed by atoms with van der Waals surface area (Å²) in [5, 5.41) is 10.1. The van der Waals surface area contributed by atoms with Crippen molar-refractivity contribution in [2.24, 2.45) is 5.73 Å². The van der Waals surface area contributed by atoms with E-state index in [0.717, 1.165) is 0 Å². The van der Waals surface area contributed by atoms with Crippen LogP contribution in [0, 0.1) is 10.1 Å². The molecule has 0 aliphatic rings. The van der Waals surface area contributed by atoms with E-state index in [2.05, 4.69) is 0 Å². The summed E-state index contributed by atoms with van der Waals surface area (Å²) in [7, 11) is 0. The Kier molecular flexibility index (Phi) is 3.17. The van der Waals surface area contributed by atoms with E-state index in [1.165, 1.54) is 12.2 Å². The van der Waals surface area contributed by atoms with Crippen LogP contribution >= 0.6 is 0 Å². The van der Waals surface area contributed by atoms with Crippen molar-refractivity contribution >= 4 is 0 Å². The number of nitrogens with two attached hydrogens (primary N) is 1. The molecule has 0 amide bonds. The molecule has 0 saturated heterocycles. The van der Waals surface area contributed by atoms with E-state index in [9.17, 15) is 10.1 Å². The van der Waals surface area contributed by atoms with Crippen LogP contribution in [0.3, 0.4) is 0 Å². The molecule has 0 radical (unpaired) electrons. The molecule has 0 aromatic heterocycles. The van der Waals surface area contributed by atoms with E-state index in [1.807, 2.05) is 0 Å². The Morgan fingerprint density at radius 1 is 1.50 bits per heavy atom. The van der Waals surface area contributed by atoms with E-state index >= 15 is 0 Å². The number of hydrogen-bond donors (Lipinski definition) is 1. The third-order valence-electron chi connectivity index (χ3n) is 1.08. The summed E-state index contributed by atoms with van der Waals surface area (Å²) >= 11 is 0. The van der Waals surface area contributed by atoms with Gasteiger partial charge in [-0.25, -0.2) is 0 Å². The lowest BCUT2D eigenvalue weighted by molar-refractivity contribution is -0.421. The summed E-state index contributed by atoms with van der Waals surface area (Å²) in [5.74, 6) is 0. The third kappa shape index (κ3) is 1.89. The van der Waals surface area contributed by atoms with Gasteiger partial charge in [0, 0.05) is 0 Å². The molecular formula is C6H10N2O2. The molecule has 0 aliphatic heterocycles. The predicted molar refractivity (Wildman–Crippen MR) is 38.7 cm³/mol. The fourth-order valence-corrected chi connectivity index (χ4v) is 0.525. The predicted octanol–water partition coefficient (Wildman–Crippen LogP) is 1.03. The SMILES string of the molecule is C/C=C(N)\C(=C/C)[N+](=O)[O-]. The van der Waals surface area contributed by atoms with Crippen molar-refractivity contribution in [1.82, 2.24) is 0 Å². The van der Waals surface area contributed by atoms with Crippen LogP contribution in [0.2, 0.25) is 0 Å². The fourth-order valence-electron chi connectivity index (χ4n) is 0.525. The zero-order valence-electron chi connectivity index (χ0n) is 6.00. The maximum Gasteiger partial charge on any atom is 0.287 e. The summed E-state index contributed by atoms with van der Waals surface area (Å²) in [5.41, 5.74) is 5.44. The Morgan fingerprint density at radius 3 is 2.10 bits per heavy atom. The number of rotatable bonds is 2. The van der Waals surface area contributed by atoms with Crippen molar-refractivity contribution < 1.29 is 4.92 Å². The van der Waals surface area contributed by atoms with Crippen LogP contribution in [0.5, 0.6) is 0 Å². The van der Waals surface area contributed by atoms with Crippen LogP contribution in [0.1, 0.15) is 13.8 Å². The van der Waals surface area contributed by atoms with Gasteiger partial charge in [-0.1, -0.05) is 6.08 Å². The standard InChI is InChI=1S/C6H10N2O2/c1-3-5(7)6(4-2)8(9)10/h3-4H,7H2,1-2H3/b5-3+,6-4+. The third-order valence-corrected chi connectivity index (χ3v) is 1.08. The highest BCUT2D eigenvalue weighted by atomic mass is 16.6. The first-order chi connectivity index (χ1) is 4.63. The Balaban J connectivity index is 4.56. The van der Waals surface area contributed by atoms with E-state index in [1.54, 1.807) is 13.8 Å². The van der Waals surface area contributed by atoms with E-state index in [0.29, 0.717) is 0 Å². The zero-order chi connectivity index (χ0) is 8.15. The molecule has 0 fully saturated rings. The number of nitrogens with zero attached hydrogens (tertiary/aromatic N) is 1. The van der Waals surface area contributed by atoms with Gasteiger partial charge in [0.05, 0.1) is 4.92 Å². The summed E-state index contributed by atoms with van der Waals surface area (Å²) in [6.07, 6.45) is 2.87. The number of allylic oxidation sites excluding steroid dienone is 2. The second-order valence-electron chi connectivity index (χ2n) is 1.68. The van der Waals surface area contributed by atoms with E-state index in [-0.39, 0.29) is 11.4 Å². The first-order valence-electron chi connectivity index (χ1n) is 2.86. The lowest BCUT2D eigenvalue weighted by atomic mass is 10.3. The fraction of sp³-hybridized carbons (Fsp3) is 0.333. The van der Waals surface area contributed by atoms with Gasteiger partial charge in [-0.3, -0.25) is 10.1 Å². The van der Waals surface area contributed by atoms with Crippen molar-refractivity contribution in [2.45, 2.75) is 13.8 Å². The average Bonchev–Trinajstić information content (AvgIpc) is 1.88. The van der Waals surface area contributed by atoms with Crippen LogP contribution in [0.15, 0.2) is 23.5 Å². The van der Waals surface area contributed by atoms with Gasteiger partial charge in [-0.2, -0.15) is 0 Å². The highest BCUT2D eigenvalue weighted by Crippen LogP contribution is 2.02. The zero-order valence-corrected chi connectivity index (χ0v) is 6.00. The molecule has 4 nitrogen and oxygen atoms in total. The van der Waals surface area contributed by atoms with Crippen LogP contribution in [0.4, 0.5) is 0 Å². The molecule has 0 aromatic rings. The molecule has 0 heterocycles. The minimum Gasteiger partial charge on any atom is -0.393 e. The molecule has 10 heavy (non-hydrogen) atoms. The van der Waals surface area contributed by atoms with Gasteiger partial charge in [0.25, 0.3) is 5.70 Å². The Hall–Kier alpha value is -1.32. The van der Waals surface area contributed by atoms with Gasteiger partial charge in [-0.05, 0) is 19.9 Å². The highest BCUT2D eigenvalue weighted by Gasteiger charge is 2.10. The topological polar surface area (TPSA) is 69.2 Å². The molecule has 0 bridgehead atoms. The van der Waals surface area contributed by atoms with Crippen molar-refractivity contribution in [1.29, 1.82) is 0 Å². The summed E-state index contributed by atoms with van der Waals surface area (Å²) in [6.45, 7) is 3.23. The monoisotopic (exact) mass is 142 g/mol. The van der Waals surface area contributed by atoms with Gasteiger partial charge in [0.2, 0.25) is 0 Å². The smallest absolute Gasteiger partial charge is 0.287 e. The second-order valence-corrected chi connectivity index (χ2v) is 1.68. The van der Waals surface area contributed by atoms with Crippen molar-refractivity contribution in [3.05, 3.63) is 33.7 Å². The van der Waals surface area contributed by atoms with Gasteiger partial charge < -0.3 is 5.73 Å². The van der Waals surface area contributed by atoms with E-state index in [4.69, 9.17) is 5.73 Å². The molecule has 56 valence electrons. The molecule has 4 heteroatoms. The van der Waals surface area contributed by atoms with Crippen molar-refractivity contribution in [3.8, 4) is 0 Å². The molecule has 0 spiro atoms. The maximum absolute atomic E-state index is 10.1. The minimum atomic E-state index is -0.505. The van der Waals surface area contributed by atoms with E-state index < -0.39 is 4.92 Å². The van der Waals surface area contributed by atoms with Gasteiger partial charge in [-0.15, -0.1) is 0 Å². The average molecular weight is 142 g/mol. The first kappa shape index (κ1) is 8.68. The molecule has 2 N–H and O–H groups in total. The molecular weight excluding hydrogens is 132 g/mol. The van der Waals surface area contributed by atoms with Crippen molar-refractivity contribution in [3.63, 3.8) is 0 Å². The number of hydrogen-bond acceptors (Lipinski definition) is 3. The molecule has 0 atom stereocenters. The lowest BCUT2D eigenvalue weighted by Crippen LogP contribution is -2.08. The molecule has 0 unspecified atom stereocenters. The van der Waals surface area contributed by atoms with Crippen LogP contribution in [-0.4, -0.2) is 4.92 Å². The number of nitro groups is 1. The van der Waals surface area contributed by atoms with Gasteiger partial charge >= 0.3 is 0 Å². The lowest BCUT2D eigenvalue weighted by Gasteiger charge is -1.94. The summed E-state index contributed by atoms with van der Waals surface area (Å²) < 4.78 is 0. The van der Waals surface area contributed by atoms with Gasteiger partial charge in [0.1, 0.15) is 5.70 Å². The van der Waals surface area contributed by atoms with Crippen LogP contribution < -0.4 is 5.73 Å². The minimum absolute atomic E-state index is 0.0394. The van der Waals surface area contributed by atoms with Crippen LogP contribution in [-0.2, 0) is 0 Å². The summed E-state index contributed by atoms with van der Waals surface area (Å²) in [6, 6.07) is 0. The first-order valence-corrected chi connectivity index (χ1v) is 2.86. The Morgan fingerprint density at radius 2 is 2.00 bits per heavy atom. The summed E-state index contributed by atoms with van der Waals surface area (Å²) in [4.78, 5) is 9.64. The molecule has 0 saturated carbocycles. The Labute approximate surface area is 59.2 Å². The molecule has 0 aromatic carbocycles. The van der Waals surface area contributed by atoms with Gasteiger partial charge in [0.15, 0.2) is 0 Å². The second kappa shape index (κ2) is 3.66. The molecule has 0 rings (SSSR count). The normalized spacial score (nSPS) is 13.4. The quantitative estimate of drug-likeness (QED) is 0.355. The highest BCUT2D eigenvalue weighted by molar-refractivity contribution is 5.19. The maximum atomic E-state index is 10.1. The van der Waals surface area contributed by atoms with Crippen molar-refractivity contribution in [2.75, 3.05) is 0 Å². The Bertz CT molecular complexity index is 194. The van der Waals surface area contributed by atoms with Crippen LogP contribution in [0.25, 0.3) is 0 Å². The molecule has 0 aliphatic carbocycles.